The van der Waals surface area contributed by atoms with Crippen molar-refractivity contribution in [1.82, 2.24) is 14.9 Å². The fourth-order valence-electron chi connectivity index (χ4n) is 3.08. The number of anilines is 3. The predicted octanol–water partition coefficient (Wildman–Crippen LogP) is 4.85. The number of rotatable bonds is 7. The number of amides is 1. The molecule has 0 atom stereocenters. The van der Waals surface area contributed by atoms with Crippen molar-refractivity contribution >= 4 is 44.7 Å². The minimum atomic E-state index is -0.0800. The number of benzene rings is 1. The van der Waals surface area contributed by atoms with Crippen LogP contribution in [0, 0.1) is 13.8 Å². The molecule has 2 heterocycles. The lowest BCUT2D eigenvalue weighted by Crippen LogP contribution is -2.23. The Morgan fingerprint density at radius 1 is 1.07 bits per heavy atom. The second-order valence-electron chi connectivity index (χ2n) is 6.80. The number of carbonyl (C=O) groups is 1. The molecule has 3 aromatic rings. The van der Waals surface area contributed by atoms with Gasteiger partial charge in [-0.05, 0) is 56.8 Å². The standard InChI is InChI=1S/C21H27N5OS/c1-6-26(7-2)12-18-24-20(19-13(3)14(4)28-21(19)25-18)23-17-10-8-16(9-11-17)22-15(5)27/h8-11H,6-7,12H2,1-5H3,(H,22,27)(H,23,24,25). The fraction of sp³-hybridized carbons (Fsp3) is 0.381. The molecule has 6 nitrogen and oxygen atoms in total. The van der Waals surface area contributed by atoms with Gasteiger partial charge in [-0.2, -0.15) is 0 Å². The third-order valence-corrected chi connectivity index (χ3v) is 5.90. The number of nitrogens with zero attached hydrogens (tertiary/aromatic N) is 3. The smallest absolute Gasteiger partial charge is 0.221 e. The topological polar surface area (TPSA) is 70.2 Å². The number of fused-ring (bicyclic) bond motifs is 1. The van der Waals surface area contributed by atoms with Gasteiger partial charge in [-0.25, -0.2) is 9.97 Å². The maximum Gasteiger partial charge on any atom is 0.221 e. The zero-order valence-corrected chi connectivity index (χ0v) is 17.9. The number of aryl methyl sites for hydroxylation is 2. The molecule has 0 aliphatic carbocycles. The van der Waals surface area contributed by atoms with Crippen molar-refractivity contribution in [2.45, 2.75) is 41.2 Å². The summed E-state index contributed by atoms with van der Waals surface area (Å²) in [6.45, 7) is 12.7. The van der Waals surface area contributed by atoms with Crippen LogP contribution in [-0.2, 0) is 11.3 Å². The normalized spacial score (nSPS) is 11.2. The number of hydrogen-bond acceptors (Lipinski definition) is 6. The van der Waals surface area contributed by atoms with Crippen molar-refractivity contribution in [2.75, 3.05) is 23.7 Å². The van der Waals surface area contributed by atoms with Gasteiger partial charge in [-0.3, -0.25) is 9.69 Å². The molecule has 3 rings (SSSR count). The highest BCUT2D eigenvalue weighted by atomic mass is 32.1. The van der Waals surface area contributed by atoms with Crippen LogP contribution < -0.4 is 10.6 Å². The summed E-state index contributed by atoms with van der Waals surface area (Å²) in [5.41, 5.74) is 2.91. The first kappa shape index (κ1) is 20.2. The quantitative estimate of drug-likeness (QED) is 0.596. The molecule has 0 aliphatic rings. The Labute approximate surface area is 170 Å². The Balaban J connectivity index is 1.96. The Morgan fingerprint density at radius 2 is 1.71 bits per heavy atom. The van der Waals surface area contributed by atoms with E-state index in [0.29, 0.717) is 0 Å². The Bertz CT molecular complexity index is 977. The third-order valence-electron chi connectivity index (χ3n) is 4.80. The first-order valence-electron chi connectivity index (χ1n) is 9.54. The van der Waals surface area contributed by atoms with Crippen molar-refractivity contribution in [3.63, 3.8) is 0 Å². The lowest BCUT2D eigenvalue weighted by molar-refractivity contribution is -0.114. The molecule has 7 heteroatoms. The highest BCUT2D eigenvalue weighted by Gasteiger charge is 2.16. The summed E-state index contributed by atoms with van der Waals surface area (Å²) < 4.78 is 0. The minimum Gasteiger partial charge on any atom is -0.340 e. The van der Waals surface area contributed by atoms with Crippen molar-refractivity contribution < 1.29 is 4.79 Å². The molecule has 2 N–H and O–H groups in total. The van der Waals surface area contributed by atoms with E-state index in [2.05, 4.69) is 43.2 Å². The molecule has 0 unspecified atom stereocenters. The van der Waals surface area contributed by atoms with Gasteiger partial charge in [0.1, 0.15) is 16.5 Å². The van der Waals surface area contributed by atoms with Gasteiger partial charge in [0, 0.05) is 23.2 Å². The summed E-state index contributed by atoms with van der Waals surface area (Å²) in [6.07, 6.45) is 0. The van der Waals surface area contributed by atoms with Crippen LogP contribution in [-0.4, -0.2) is 33.9 Å². The van der Waals surface area contributed by atoms with Crippen LogP contribution in [0.2, 0.25) is 0 Å². The van der Waals surface area contributed by atoms with E-state index >= 15 is 0 Å². The zero-order chi connectivity index (χ0) is 20.3. The summed E-state index contributed by atoms with van der Waals surface area (Å²) in [5.74, 6) is 1.58. The molecule has 1 amide bonds. The summed E-state index contributed by atoms with van der Waals surface area (Å²) in [7, 11) is 0. The van der Waals surface area contributed by atoms with Crippen molar-refractivity contribution in [1.29, 1.82) is 0 Å². The van der Waals surface area contributed by atoms with E-state index in [1.165, 1.54) is 17.4 Å². The van der Waals surface area contributed by atoms with Gasteiger partial charge >= 0.3 is 0 Å². The average molecular weight is 398 g/mol. The van der Waals surface area contributed by atoms with Gasteiger partial charge in [0.2, 0.25) is 5.91 Å². The van der Waals surface area contributed by atoms with Crippen molar-refractivity contribution in [3.8, 4) is 0 Å². The highest BCUT2D eigenvalue weighted by molar-refractivity contribution is 7.18. The zero-order valence-electron chi connectivity index (χ0n) is 17.1. The van der Waals surface area contributed by atoms with Gasteiger partial charge in [0.15, 0.2) is 0 Å². The molecule has 28 heavy (non-hydrogen) atoms. The van der Waals surface area contributed by atoms with Crippen molar-refractivity contribution in [2.24, 2.45) is 0 Å². The largest absolute Gasteiger partial charge is 0.340 e. The van der Waals surface area contributed by atoms with E-state index in [-0.39, 0.29) is 5.91 Å². The van der Waals surface area contributed by atoms with E-state index < -0.39 is 0 Å². The maximum absolute atomic E-state index is 11.2. The second kappa shape index (κ2) is 8.67. The molecule has 2 aromatic heterocycles. The van der Waals surface area contributed by atoms with Gasteiger partial charge in [0.25, 0.3) is 0 Å². The summed E-state index contributed by atoms with van der Waals surface area (Å²) in [4.78, 5) is 25.5. The minimum absolute atomic E-state index is 0.0800. The van der Waals surface area contributed by atoms with E-state index in [0.717, 1.165) is 52.9 Å². The van der Waals surface area contributed by atoms with E-state index in [1.807, 2.05) is 24.3 Å². The first-order valence-corrected chi connectivity index (χ1v) is 10.4. The van der Waals surface area contributed by atoms with Gasteiger partial charge < -0.3 is 10.6 Å². The summed E-state index contributed by atoms with van der Waals surface area (Å²) >= 11 is 1.71. The Morgan fingerprint density at radius 3 is 2.32 bits per heavy atom. The average Bonchev–Trinajstić information content (AvgIpc) is 2.95. The van der Waals surface area contributed by atoms with Crippen LogP contribution in [0.25, 0.3) is 10.2 Å². The highest BCUT2D eigenvalue weighted by Crippen LogP contribution is 2.34. The molecule has 0 aliphatic heterocycles. The maximum atomic E-state index is 11.2. The SMILES string of the molecule is CCN(CC)Cc1nc(Nc2ccc(NC(C)=O)cc2)c2c(C)c(C)sc2n1. The third kappa shape index (κ3) is 4.48. The number of carbonyl (C=O) groups excluding carboxylic acids is 1. The summed E-state index contributed by atoms with van der Waals surface area (Å²) in [6, 6.07) is 7.64. The number of hydrogen-bond donors (Lipinski definition) is 2. The fourth-order valence-corrected chi connectivity index (χ4v) is 4.13. The lowest BCUT2D eigenvalue weighted by Gasteiger charge is -2.17. The van der Waals surface area contributed by atoms with Gasteiger partial charge in [0.05, 0.1) is 11.9 Å². The monoisotopic (exact) mass is 397 g/mol. The lowest BCUT2D eigenvalue weighted by atomic mass is 10.2. The van der Waals surface area contributed by atoms with Crippen LogP contribution in [0.5, 0.6) is 0 Å². The molecular formula is C21H27N5OS. The molecule has 0 bridgehead atoms. The number of thiophene rings is 1. The number of nitrogens with one attached hydrogen (secondary N) is 2. The molecule has 1 aromatic carbocycles. The van der Waals surface area contributed by atoms with Crippen LogP contribution in [0.3, 0.4) is 0 Å². The molecule has 0 radical (unpaired) electrons. The van der Waals surface area contributed by atoms with Crippen LogP contribution >= 0.6 is 11.3 Å². The molecule has 0 fully saturated rings. The Kier molecular flexibility index (Phi) is 6.26. The van der Waals surface area contributed by atoms with Crippen LogP contribution in [0.15, 0.2) is 24.3 Å². The Hall–Kier alpha value is -2.51. The first-order chi connectivity index (χ1) is 13.4. The van der Waals surface area contributed by atoms with E-state index in [9.17, 15) is 4.79 Å². The van der Waals surface area contributed by atoms with E-state index in [1.54, 1.807) is 11.3 Å². The molecular weight excluding hydrogens is 370 g/mol. The molecule has 148 valence electrons. The molecule has 0 spiro atoms. The number of aromatic nitrogens is 2. The van der Waals surface area contributed by atoms with Crippen LogP contribution in [0.1, 0.15) is 37.0 Å². The molecule has 0 saturated carbocycles. The van der Waals surface area contributed by atoms with Gasteiger partial charge in [-0.1, -0.05) is 13.8 Å². The molecule has 0 saturated heterocycles. The summed E-state index contributed by atoms with van der Waals surface area (Å²) in [5, 5.41) is 7.32. The van der Waals surface area contributed by atoms with Gasteiger partial charge in [-0.15, -0.1) is 11.3 Å². The van der Waals surface area contributed by atoms with Crippen molar-refractivity contribution in [3.05, 3.63) is 40.5 Å². The van der Waals surface area contributed by atoms with Crippen LogP contribution in [0.4, 0.5) is 17.2 Å². The van der Waals surface area contributed by atoms with E-state index in [4.69, 9.17) is 9.97 Å². The predicted molar refractivity (Wildman–Crippen MR) is 118 cm³/mol. The second-order valence-corrected chi connectivity index (χ2v) is 8.00.